The topological polar surface area (TPSA) is 40.6 Å². The lowest BCUT2D eigenvalue weighted by molar-refractivity contribution is -0.138. The van der Waals surface area contributed by atoms with E-state index in [-0.39, 0.29) is 11.8 Å². The van der Waals surface area contributed by atoms with Crippen LogP contribution in [0.15, 0.2) is 47.8 Å². The van der Waals surface area contributed by atoms with E-state index in [4.69, 9.17) is 0 Å². The average Bonchev–Trinajstić information content (AvgIpc) is 3.28. The minimum atomic E-state index is 0.0747. The van der Waals surface area contributed by atoms with Gasteiger partial charge in [0.05, 0.1) is 4.88 Å². The Balaban J connectivity index is 1.27. The van der Waals surface area contributed by atoms with Crippen molar-refractivity contribution in [3.63, 3.8) is 0 Å². The zero-order chi connectivity index (χ0) is 18.6. The summed E-state index contributed by atoms with van der Waals surface area (Å²) in [4.78, 5) is 30.1. The summed E-state index contributed by atoms with van der Waals surface area (Å²) in [7, 11) is 0. The van der Waals surface area contributed by atoms with Crippen LogP contribution in [0.4, 0.5) is 0 Å². The zero-order valence-electron chi connectivity index (χ0n) is 15.5. The molecule has 2 aliphatic heterocycles. The number of hydrogen-bond donors (Lipinski definition) is 0. The highest BCUT2D eigenvalue weighted by Gasteiger charge is 2.32. The standard InChI is InChI=1S/C22H26N2O2S/c25-21(23-12-8-18(9-13-23)17-5-2-1-3-6-17)19-10-14-24(15-11-19)22(26)20-7-4-16-27-20/h1-7,16,18-19H,8-15H2. The van der Waals surface area contributed by atoms with Crippen molar-refractivity contribution in [2.75, 3.05) is 26.2 Å². The molecule has 5 heteroatoms. The largest absolute Gasteiger partial charge is 0.342 e. The van der Waals surface area contributed by atoms with Gasteiger partial charge in [-0.05, 0) is 48.6 Å². The molecule has 0 saturated carbocycles. The van der Waals surface area contributed by atoms with Gasteiger partial charge in [-0.25, -0.2) is 0 Å². The van der Waals surface area contributed by atoms with Crippen LogP contribution in [0.1, 0.15) is 46.8 Å². The van der Waals surface area contributed by atoms with Crippen molar-refractivity contribution in [2.24, 2.45) is 5.92 Å². The van der Waals surface area contributed by atoms with E-state index in [2.05, 4.69) is 35.2 Å². The van der Waals surface area contributed by atoms with Gasteiger partial charge in [-0.2, -0.15) is 0 Å². The van der Waals surface area contributed by atoms with Crippen LogP contribution >= 0.6 is 11.3 Å². The Bertz CT molecular complexity index is 759. The van der Waals surface area contributed by atoms with Crippen LogP contribution in [0, 0.1) is 5.92 Å². The quantitative estimate of drug-likeness (QED) is 0.805. The monoisotopic (exact) mass is 382 g/mol. The van der Waals surface area contributed by atoms with Gasteiger partial charge in [0.25, 0.3) is 5.91 Å². The summed E-state index contributed by atoms with van der Waals surface area (Å²) in [5, 5.41) is 1.93. The summed E-state index contributed by atoms with van der Waals surface area (Å²) in [6.07, 6.45) is 3.67. The molecule has 1 aromatic carbocycles. The molecule has 3 heterocycles. The average molecular weight is 383 g/mol. The van der Waals surface area contributed by atoms with Crippen molar-refractivity contribution in [1.29, 1.82) is 0 Å². The number of benzene rings is 1. The smallest absolute Gasteiger partial charge is 0.263 e. The lowest BCUT2D eigenvalue weighted by Gasteiger charge is -2.37. The molecule has 0 bridgehead atoms. The second-order valence-corrected chi connectivity index (χ2v) is 8.50. The van der Waals surface area contributed by atoms with Crippen molar-refractivity contribution >= 4 is 23.2 Å². The molecule has 0 N–H and O–H groups in total. The maximum atomic E-state index is 12.9. The zero-order valence-corrected chi connectivity index (χ0v) is 16.4. The predicted octanol–water partition coefficient (Wildman–Crippen LogP) is 4.01. The van der Waals surface area contributed by atoms with Crippen LogP contribution in [0.3, 0.4) is 0 Å². The number of amides is 2. The van der Waals surface area contributed by atoms with Gasteiger partial charge in [0, 0.05) is 32.1 Å². The highest BCUT2D eigenvalue weighted by atomic mass is 32.1. The molecule has 0 spiro atoms. The number of carbonyl (C=O) groups is 2. The second kappa shape index (κ2) is 8.26. The molecule has 2 amide bonds. The first-order chi connectivity index (χ1) is 13.2. The molecule has 142 valence electrons. The van der Waals surface area contributed by atoms with E-state index in [1.165, 1.54) is 16.9 Å². The number of nitrogens with zero attached hydrogens (tertiary/aromatic N) is 2. The lowest BCUT2D eigenvalue weighted by atomic mass is 9.88. The Morgan fingerprint density at radius 2 is 1.48 bits per heavy atom. The fourth-order valence-corrected chi connectivity index (χ4v) is 4.99. The number of carbonyl (C=O) groups excluding carboxylic acids is 2. The molecule has 4 rings (SSSR count). The van der Waals surface area contributed by atoms with Gasteiger partial charge in [-0.3, -0.25) is 9.59 Å². The van der Waals surface area contributed by atoms with Crippen LogP contribution in [0.2, 0.25) is 0 Å². The van der Waals surface area contributed by atoms with Crippen molar-refractivity contribution in [1.82, 2.24) is 9.80 Å². The molecule has 0 aliphatic carbocycles. The van der Waals surface area contributed by atoms with Crippen LogP contribution < -0.4 is 0 Å². The summed E-state index contributed by atoms with van der Waals surface area (Å²) in [5.41, 5.74) is 1.39. The highest BCUT2D eigenvalue weighted by molar-refractivity contribution is 7.12. The van der Waals surface area contributed by atoms with Gasteiger partial charge in [0.1, 0.15) is 0 Å². The van der Waals surface area contributed by atoms with E-state index < -0.39 is 0 Å². The minimum Gasteiger partial charge on any atom is -0.342 e. The van der Waals surface area contributed by atoms with E-state index in [0.29, 0.717) is 24.9 Å². The number of hydrogen-bond acceptors (Lipinski definition) is 3. The molecule has 2 fully saturated rings. The SMILES string of the molecule is O=C(c1cccs1)N1CCC(C(=O)N2CCC(c3ccccc3)CC2)CC1. The van der Waals surface area contributed by atoms with Gasteiger partial charge in [0.2, 0.25) is 5.91 Å². The summed E-state index contributed by atoms with van der Waals surface area (Å²) in [6.45, 7) is 3.08. The third-order valence-corrected chi connectivity index (χ3v) is 6.80. The minimum absolute atomic E-state index is 0.0747. The summed E-state index contributed by atoms with van der Waals surface area (Å²) in [5.74, 6) is 1.05. The fourth-order valence-electron chi connectivity index (χ4n) is 4.30. The lowest BCUT2D eigenvalue weighted by Crippen LogP contribution is -2.46. The normalized spacial score (nSPS) is 19.3. The van der Waals surface area contributed by atoms with Crippen LogP contribution in [-0.4, -0.2) is 47.8 Å². The first kappa shape index (κ1) is 18.2. The molecule has 0 radical (unpaired) electrons. The molecule has 4 nitrogen and oxygen atoms in total. The molecule has 27 heavy (non-hydrogen) atoms. The van der Waals surface area contributed by atoms with Crippen molar-refractivity contribution < 1.29 is 9.59 Å². The third kappa shape index (κ3) is 4.08. The fraction of sp³-hybridized carbons (Fsp3) is 0.455. The molecule has 0 unspecified atom stereocenters. The summed E-state index contributed by atoms with van der Waals surface area (Å²) in [6, 6.07) is 14.4. The number of likely N-dealkylation sites (tertiary alicyclic amines) is 2. The van der Waals surface area contributed by atoms with Crippen molar-refractivity contribution in [3.05, 3.63) is 58.3 Å². The number of piperidine rings is 2. The van der Waals surface area contributed by atoms with E-state index >= 15 is 0 Å². The van der Waals surface area contributed by atoms with Gasteiger partial charge >= 0.3 is 0 Å². The molecular formula is C22H26N2O2S. The molecule has 0 atom stereocenters. The summed E-state index contributed by atoms with van der Waals surface area (Å²) < 4.78 is 0. The van der Waals surface area contributed by atoms with E-state index in [9.17, 15) is 9.59 Å². The van der Waals surface area contributed by atoms with Gasteiger partial charge in [0.15, 0.2) is 0 Å². The maximum Gasteiger partial charge on any atom is 0.263 e. The Morgan fingerprint density at radius 3 is 2.11 bits per heavy atom. The first-order valence-electron chi connectivity index (χ1n) is 9.89. The molecule has 2 aromatic rings. The van der Waals surface area contributed by atoms with E-state index in [1.807, 2.05) is 22.4 Å². The third-order valence-electron chi connectivity index (χ3n) is 5.94. The van der Waals surface area contributed by atoms with E-state index in [1.54, 1.807) is 0 Å². The van der Waals surface area contributed by atoms with Gasteiger partial charge in [-0.1, -0.05) is 36.4 Å². The van der Waals surface area contributed by atoms with E-state index in [0.717, 1.165) is 43.6 Å². The van der Waals surface area contributed by atoms with Crippen LogP contribution in [0.5, 0.6) is 0 Å². The second-order valence-electron chi connectivity index (χ2n) is 7.55. The van der Waals surface area contributed by atoms with Crippen molar-refractivity contribution in [2.45, 2.75) is 31.6 Å². The molecule has 1 aromatic heterocycles. The first-order valence-corrected chi connectivity index (χ1v) is 10.8. The molecular weight excluding hydrogens is 356 g/mol. The molecule has 2 saturated heterocycles. The number of rotatable bonds is 3. The van der Waals surface area contributed by atoms with Crippen LogP contribution in [0.25, 0.3) is 0 Å². The highest BCUT2D eigenvalue weighted by Crippen LogP contribution is 2.30. The maximum absolute atomic E-state index is 12.9. The Hall–Kier alpha value is -2.14. The number of thiophene rings is 1. The Labute approximate surface area is 164 Å². The molecule has 2 aliphatic rings. The predicted molar refractivity (Wildman–Crippen MR) is 108 cm³/mol. The van der Waals surface area contributed by atoms with Gasteiger partial charge in [-0.15, -0.1) is 11.3 Å². The van der Waals surface area contributed by atoms with Crippen LogP contribution in [-0.2, 0) is 4.79 Å². The van der Waals surface area contributed by atoms with Crippen molar-refractivity contribution in [3.8, 4) is 0 Å². The Kier molecular flexibility index (Phi) is 5.58. The summed E-state index contributed by atoms with van der Waals surface area (Å²) >= 11 is 1.49. The van der Waals surface area contributed by atoms with Gasteiger partial charge < -0.3 is 9.80 Å². The Morgan fingerprint density at radius 1 is 0.815 bits per heavy atom.